The van der Waals surface area contributed by atoms with Crippen molar-refractivity contribution in [3.8, 4) is 33.8 Å². The molecule has 3 nitrogen and oxygen atoms in total. The Labute approximate surface area is 183 Å². The fourth-order valence-corrected chi connectivity index (χ4v) is 3.40. The van der Waals surface area contributed by atoms with E-state index in [1.54, 1.807) is 7.11 Å². The van der Waals surface area contributed by atoms with Gasteiger partial charge in [-0.15, -0.1) is 0 Å². The molecule has 4 aromatic carbocycles. The Hall–Kier alpha value is -3.56. The van der Waals surface area contributed by atoms with Gasteiger partial charge in [-0.05, 0) is 47.4 Å². The van der Waals surface area contributed by atoms with Crippen LogP contribution in [0.2, 0.25) is 0 Å². The first kappa shape index (κ1) is 20.7. The summed E-state index contributed by atoms with van der Waals surface area (Å²) in [5.74, 6) is 1.63. The predicted molar refractivity (Wildman–Crippen MR) is 125 cm³/mol. The lowest BCUT2D eigenvalue weighted by Gasteiger charge is -2.15. The lowest BCUT2D eigenvalue weighted by molar-refractivity contribution is 0.0511. The van der Waals surface area contributed by atoms with Crippen molar-refractivity contribution in [3.05, 3.63) is 108 Å². The smallest absolute Gasteiger partial charge is 0.188 e. The van der Waals surface area contributed by atoms with Gasteiger partial charge < -0.3 is 14.2 Å². The van der Waals surface area contributed by atoms with Crippen LogP contribution in [-0.4, -0.2) is 13.9 Å². The number of methoxy groups -OCH3 is 1. The Morgan fingerprint density at radius 2 is 1.32 bits per heavy atom. The molecule has 4 rings (SSSR count). The molecule has 0 N–H and O–H groups in total. The summed E-state index contributed by atoms with van der Waals surface area (Å²) in [7, 11) is 1.61. The largest absolute Gasteiger partial charge is 0.488 e. The van der Waals surface area contributed by atoms with Crippen molar-refractivity contribution in [2.24, 2.45) is 0 Å². The van der Waals surface area contributed by atoms with Crippen molar-refractivity contribution in [1.29, 1.82) is 0 Å². The van der Waals surface area contributed by atoms with E-state index in [0.29, 0.717) is 6.61 Å². The fourth-order valence-electron chi connectivity index (χ4n) is 3.40. The van der Waals surface area contributed by atoms with Crippen LogP contribution >= 0.6 is 0 Å². The number of rotatable bonds is 8. The van der Waals surface area contributed by atoms with E-state index in [9.17, 15) is 0 Å². The Bertz CT molecular complexity index is 1100. The molecule has 0 heterocycles. The maximum Gasteiger partial charge on any atom is 0.188 e. The molecule has 4 aromatic rings. The van der Waals surface area contributed by atoms with Crippen LogP contribution in [0.25, 0.3) is 22.3 Å². The number of ether oxygens (including phenoxy) is 3. The SMILES string of the molecule is COCOc1ccc(-c2ccc(-c3ccc(C)cc3)cc2OCc2ccccc2)cc1. The molecule has 0 radical (unpaired) electrons. The summed E-state index contributed by atoms with van der Waals surface area (Å²) in [6.45, 7) is 2.84. The molecular weight excluding hydrogens is 384 g/mol. The van der Waals surface area contributed by atoms with Gasteiger partial charge >= 0.3 is 0 Å². The molecule has 0 saturated carbocycles. The van der Waals surface area contributed by atoms with Gasteiger partial charge in [0.15, 0.2) is 6.79 Å². The Balaban J connectivity index is 1.66. The van der Waals surface area contributed by atoms with Crippen molar-refractivity contribution >= 4 is 0 Å². The first-order valence-electron chi connectivity index (χ1n) is 10.3. The van der Waals surface area contributed by atoms with E-state index in [1.807, 2.05) is 42.5 Å². The molecule has 0 atom stereocenters. The minimum atomic E-state index is 0.232. The normalized spacial score (nSPS) is 10.6. The highest BCUT2D eigenvalue weighted by Gasteiger charge is 2.10. The van der Waals surface area contributed by atoms with Crippen LogP contribution in [0.3, 0.4) is 0 Å². The second-order valence-corrected chi connectivity index (χ2v) is 7.43. The molecule has 0 aromatic heterocycles. The van der Waals surface area contributed by atoms with Crippen molar-refractivity contribution < 1.29 is 14.2 Å². The number of benzene rings is 4. The molecule has 3 heteroatoms. The van der Waals surface area contributed by atoms with E-state index in [-0.39, 0.29) is 6.79 Å². The third-order valence-electron chi connectivity index (χ3n) is 5.11. The van der Waals surface area contributed by atoms with Gasteiger partial charge in [0.1, 0.15) is 18.1 Å². The minimum absolute atomic E-state index is 0.232. The van der Waals surface area contributed by atoms with Gasteiger partial charge in [0.2, 0.25) is 0 Å². The van der Waals surface area contributed by atoms with Crippen molar-refractivity contribution in [3.63, 3.8) is 0 Å². The molecule has 0 fully saturated rings. The number of aryl methyl sites for hydroxylation is 1. The molecule has 0 aliphatic rings. The summed E-state index contributed by atoms with van der Waals surface area (Å²) in [5, 5.41) is 0. The van der Waals surface area contributed by atoms with Crippen LogP contribution in [0.15, 0.2) is 97.1 Å². The third kappa shape index (κ3) is 5.33. The Morgan fingerprint density at radius 1 is 0.645 bits per heavy atom. The van der Waals surface area contributed by atoms with Crippen LogP contribution < -0.4 is 9.47 Å². The van der Waals surface area contributed by atoms with E-state index in [1.165, 1.54) is 11.1 Å². The molecule has 31 heavy (non-hydrogen) atoms. The summed E-state index contributed by atoms with van der Waals surface area (Å²) in [6.07, 6.45) is 0. The monoisotopic (exact) mass is 410 g/mol. The van der Waals surface area contributed by atoms with Gasteiger partial charge in [0.25, 0.3) is 0 Å². The standard InChI is InChI=1S/C28H26O3/c1-21-8-10-23(11-9-21)25-14-17-27(24-12-15-26(16-13-24)31-20-29-2)28(18-25)30-19-22-6-4-3-5-7-22/h3-18H,19-20H2,1-2H3. The summed E-state index contributed by atoms with van der Waals surface area (Å²) in [6, 6.07) is 33.1. The maximum absolute atomic E-state index is 6.31. The molecule has 0 spiro atoms. The Kier molecular flexibility index (Phi) is 6.65. The van der Waals surface area contributed by atoms with Gasteiger partial charge in [0.05, 0.1) is 0 Å². The quantitative estimate of drug-likeness (QED) is 0.296. The van der Waals surface area contributed by atoms with E-state index in [0.717, 1.165) is 33.8 Å². The predicted octanol–water partition coefficient (Wildman–Crippen LogP) is 6.89. The molecule has 156 valence electrons. The molecule has 0 bridgehead atoms. The van der Waals surface area contributed by atoms with Crippen LogP contribution in [0.4, 0.5) is 0 Å². The molecule has 0 aliphatic heterocycles. The molecule has 0 unspecified atom stereocenters. The van der Waals surface area contributed by atoms with Gasteiger partial charge in [-0.3, -0.25) is 0 Å². The molecule has 0 aliphatic carbocycles. The topological polar surface area (TPSA) is 27.7 Å². The van der Waals surface area contributed by atoms with E-state index >= 15 is 0 Å². The van der Waals surface area contributed by atoms with Gasteiger partial charge in [-0.2, -0.15) is 0 Å². The molecule has 0 amide bonds. The van der Waals surface area contributed by atoms with Gasteiger partial charge in [-0.1, -0.05) is 84.4 Å². The average Bonchev–Trinajstić information content (AvgIpc) is 2.83. The summed E-state index contributed by atoms with van der Waals surface area (Å²) in [4.78, 5) is 0. The molecule has 0 saturated heterocycles. The first-order chi connectivity index (χ1) is 15.2. The summed E-state index contributed by atoms with van der Waals surface area (Å²) in [5.41, 5.74) is 6.81. The van der Waals surface area contributed by atoms with Crippen LogP contribution in [0, 0.1) is 6.92 Å². The van der Waals surface area contributed by atoms with E-state index < -0.39 is 0 Å². The lowest BCUT2D eigenvalue weighted by Crippen LogP contribution is -1.99. The van der Waals surface area contributed by atoms with Gasteiger partial charge in [0, 0.05) is 12.7 Å². The maximum atomic E-state index is 6.31. The van der Waals surface area contributed by atoms with Gasteiger partial charge in [-0.25, -0.2) is 0 Å². The fraction of sp³-hybridized carbons (Fsp3) is 0.143. The van der Waals surface area contributed by atoms with Crippen molar-refractivity contribution in [1.82, 2.24) is 0 Å². The van der Waals surface area contributed by atoms with Crippen LogP contribution in [0.5, 0.6) is 11.5 Å². The zero-order valence-corrected chi connectivity index (χ0v) is 17.9. The van der Waals surface area contributed by atoms with Crippen LogP contribution in [-0.2, 0) is 11.3 Å². The second-order valence-electron chi connectivity index (χ2n) is 7.43. The number of hydrogen-bond acceptors (Lipinski definition) is 3. The average molecular weight is 411 g/mol. The highest BCUT2D eigenvalue weighted by Crippen LogP contribution is 2.35. The van der Waals surface area contributed by atoms with Crippen molar-refractivity contribution in [2.45, 2.75) is 13.5 Å². The summed E-state index contributed by atoms with van der Waals surface area (Å²) < 4.78 is 16.8. The minimum Gasteiger partial charge on any atom is -0.488 e. The number of hydrogen-bond donors (Lipinski definition) is 0. The van der Waals surface area contributed by atoms with E-state index in [2.05, 4.69) is 61.5 Å². The third-order valence-corrected chi connectivity index (χ3v) is 5.11. The zero-order valence-electron chi connectivity index (χ0n) is 17.9. The zero-order chi connectivity index (χ0) is 21.5. The first-order valence-corrected chi connectivity index (χ1v) is 10.3. The van der Waals surface area contributed by atoms with E-state index in [4.69, 9.17) is 14.2 Å². The highest BCUT2D eigenvalue weighted by molar-refractivity contribution is 5.76. The van der Waals surface area contributed by atoms with Crippen LogP contribution in [0.1, 0.15) is 11.1 Å². The summed E-state index contributed by atoms with van der Waals surface area (Å²) >= 11 is 0. The molecular formula is C28H26O3. The second kappa shape index (κ2) is 9.96. The highest BCUT2D eigenvalue weighted by atomic mass is 16.7. The lowest BCUT2D eigenvalue weighted by atomic mass is 9.98. The van der Waals surface area contributed by atoms with Crippen molar-refractivity contribution in [2.75, 3.05) is 13.9 Å². The Morgan fingerprint density at radius 3 is 2.03 bits per heavy atom.